The number of benzene rings is 2. The van der Waals surface area contributed by atoms with E-state index in [0.717, 1.165) is 10.9 Å². The summed E-state index contributed by atoms with van der Waals surface area (Å²) in [6, 6.07) is 17.6. The highest BCUT2D eigenvalue weighted by molar-refractivity contribution is 6.16. The first-order valence-corrected chi connectivity index (χ1v) is 8.82. The molecule has 6 heteroatoms. The number of nitrogens with one attached hydrogen (secondary N) is 3. The number of H-pyrrole nitrogens is 1. The molecule has 0 saturated heterocycles. The fraction of sp³-hybridized carbons (Fsp3) is 0.0455. The van der Waals surface area contributed by atoms with E-state index in [2.05, 4.69) is 20.6 Å². The Morgan fingerprint density at radius 3 is 2.54 bits per heavy atom. The SMILES string of the molecule is Cc1ccc(NC(=O)Nc2cccc(C(=O)c3c[nH]c4ncccc34)c2)cc1. The fourth-order valence-corrected chi connectivity index (χ4v) is 2.97. The maximum atomic E-state index is 12.9. The molecule has 0 aliphatic rings. The van der Waals surface area contributed by atoms with Crippen molar-refractivity contribution >= 4 is 34.2 Å². The van der Waals surface area contributed by atoms with E-state index in [1.54, 1.807) is 42.7 Å². The Hall–Kier alpha value is -3.93. The number of nitrogens with zero attached hydrogens (tertiary/aromatic N) is 1. The number of carbonyl (C=O) groups excluding carboxylic acids is 2. The Balaban J connectivity index is 1.51. The van der Waals surface area contributed by atoms with Crippen LogP contribution >= 0.6 is 0 Å². The number of urea groups is 1. The molecule has 0 aliphatic heterocycles. The molecule has 0 unspecified atom stereocenters. The third-order valence-corrected chi connectivity index (χ3v) is 4.39. The van der Waals surface area contributed by atoms with Crippen LogP contribution < -0.4 is 10.6 Å². The van der Waals surface area contributed by atoms with E-state index >= 15 is 0 Å². The molecule has 2 amide bonds. The average Bonchev–Trinajstić information content (AvgIpc) is 3.13. The van der Waals surface area contributed by atoms with E-state index < -0.39 is 0 Å². The van der Waals surface area contributed by atoms with E-state index in [1.807, 2.05) is 37.3 Å². The number of pyridine rings is 1. The standard InChI is InChI=1S/C22H18N4O2/c1-14-7-9-16(10-8-14)25-22(28)26-17-5-2-4-15(12-17)20(27)19-13-24-21-18(19)6-3-11-23-21/h2-13H,1H3,(H,23,24)(H2,25,26,28). The minimum absolute atomic E-state index is 0.137. The van der Waals surface area contributed by atoms with Crippen LogP contribution in [-0.4, -0.2) is 21.8 Å². The highest BCUT2D eigenvalue weighted by Crippen LogP contribution is 2.21. The molecule has 6 nitrogen and oxygen atoms in total. The Labute approximate surface area is 161 Å². The summed E-state index contributed by atoms with van der Waals surface area (Å²) in [5, 5.41) is 6.30. The van der Waals surface area contributed by atoms with E-state index in [1.165, 1.54) is 0 Å². The number of rotatable bonds is 4. The predicted octanol–water partition coefficient (Wildman–Crippen LogP) is 4.75. The summed E-state index contributed by atoms with van der Waals surface area (Å²) < 4.78 is 0. The summed E-state index contributed by atoms with van der Waals surface area (Å²) in [6.07, 6.45) is 3.33. The van der Waals surface area contributed by atoms with Gasteiger partial charge >= 0.3 is 6.03 Å². The molecule has 0 fully saturated rings. The number of aromatic amines is 1. The van der Waals surface area contributed by atoms with Gasteiger partial charge in [0.25, 0.3) is 0 Å². The minimum atomic E-state index is -0.371. The lowest BCUT2D eigenvalue weighted by molar-refractivity contribution is 0.104. The second-order valence-corrected chi connectivity index (χ2v) is 6.46. The lowest BCUT2D eigenvalue weighted by Crippen LogP contribution is -2.19. The number of hydrogen-bond donors (Lipinski definition) is 3. The monoisotopic (exact) mass is 370 g/mol. The molecule has 0 aliphatic carbocycles. The summed E-state index contributed by atoms with van der Waals surface area (Å²) in [4.78, 5) is 32.3. The van der Waals surface area contributed by atoms with Crippen molar-refractivity contribution in [2.45, 2.75) is 6.92 Å². The molecular weight excluding hydrogens is 352 g/mol. The van der Waals surface area contributed by atoms with Crippen molar-refractivity contribution in [2.75, 3.05) is 10.6 Å². The van der Waals surface area contributed by atoms with Gasteiger partial charge in [-0.05, 0) is 43.3 Å². The second kappa shape index (κ2) is 7.36. The van der Waals surface area contributed by atoms with Crippen molar-refractivity contribution in [2.24, 2.45) is 0 Å². The summed E-state index contributed by atoms with van der Waals surface area (Å²) in [5.41, 5.74) is 4.04. The summed E-state index contributed by atoms with van der Waals surface area (Å²) in [7, 11) is 0. The molecule has 0 saturated carbocycles. The van der Waals surface area contributed by atoms with Crippen LogP contribution in [0.2, 0.25) is 0 Å². The van der Waals surface area contributed by atoms with Crippen LogP contribution in [0.1, 0.15) is 21.5 Å². The number of aryl methyl sites for hydroxylation is 1. The lowest BCUT2D eigenvalue weighted by Gasteiger charge is -2.09. The third-order valence-electron chi connectivity index (χ3n) is 4.39. The first-order chi connectivity index (χ1) is 13.6. The highest BCUT2D eigenvalue weighted by Gasteiger charge is 2.15. The number of amides is 2. The quantitative estimate of drug-likeness (QED) is 0.453. The highest BCUT2D eigenvalue weighted by atomic mass is 16.2. The van der Waals surface area contributed by atoms with E-state index in [9.17, 15) is 9.59 Å². The van der Waals surface area contributed by atoms with Gasteiger partial charge in [-0.25, -0.2) is 9.78 Å². The number of fused-ring (bicyclic) bond motifs is 1. The molecule has 0 spiro atoms. The normalized spacial score (nSPS) is 10.6. The van der Waals surface area contributed by atoms with Gasteiger partial charge in [-0.1, -0.05) is 29.8 Å². The molecule has 28 heavy (non-hydrogen) atoms. The summed E-state index contributed by atoms with van der Waals surface area (Å²) in [5.74, 6) is -0.137. The molecular formula is C22H18N4O2. The topological polar surface area (TPSA) is 86.9 Å². The molecule has 3 N–H and O–H groups in total. The van der Waals surface area contributed by atoms with E-state index in [-0.39, 0.29) is 11.8 Å². The average molecular weight is 370 g/mol. The maximum Gasteiger partial charge on any atom is 0.323 e. The van der Waals surface area contributed by atoms with Crippen LogP contribution in [-0.2, 0) is 0 Å². The second-order valence-electron chi connectivity index (χ2n) is 6.46. The van der Waals surface area contributed by atoms with Crippen molar-refractivity contribution < 1.29 is 9.59 Å². The number of anilines is 2. The number of hydrogen-bond acceptors (Lipinski definition) is 3. The van der Waals surface area contributed by atoms with Gasteiger partial charge in [-0.2, -0.15) is 0 Å². The third kappa shape index (κ3) is 3.61. The van der Waals surface area contributed by atoms with Gasteiger partial charge in [0.1, 0.15) is 5.65 Å². The molecule has 0 atom stereocenters. The summed E-state index contributed by atoms with van der Waals surface area (Å²) >= 11 is 0. The zero-order valence-electron chi connectivity index (χ0n) is 15.2. The molecule has 2 aromatic heterocycles. The van der Waals surface area contributed by atoms with Crippen LogP contribution in [0.3, 0.4) is 0 Å². The molecule has 138 valence electrons. The van der Waals surface area contributed by atoms with Crippen LogP contribution in [0.25, 0.3) is 11.0 Å². The maximum absolute atomic E-state index is 12.9. The van der Waals surface area contributed by atoms with Gasteiger partial charge in [0.05, 0.1) is 0 Å². The zero-order chi connectivity index (χ0) is 19.5. The number of aromatic nitrogens is 2. The molecule has 0 radical (unpaired) electrons. The first-order valence-electron chi connectivity index (χ1n) is 8.82. The largest absolute Gasteiger partial charge is 0.345 e. The van der Waals surface area contributed by atoms with Crippen LogP contribution in [0.5, 0.6) is 0 Å². The Morgan fingerprint density at radius 1 is 0.929 bits per heavy atom. The van der Waals surface area contributed by atoms with Crippen molar-refractivity contribution in [3.8, 4) is 0 Å². The molecule has 2 heterocycles. The van der Waals surface area contributed by atoms with Gasteiger partial charge < -0.3 is 15.6 Å². The van der Waals surface area contributed by atoms with Crippen LogP contribution in [0, 0.1) is 6.92 Å². The molecule has 4 rings (SSSR count). The lowest BCUT2D eigenvalue weighted by atomic mass is 10.0. The predicted molar refractivity (Wildman–Crippen MR) is 110 cm³/mol. The molecule has 0 bridgehead atoms. The van der Waals surface area contributed by atoms with Crippen molar-refractivity contribution in [1.82, 2.24) is 9.97 Å². The van der Waals surface area contributed by atoms with Crippen LogP contribution in [0.15, 0.2) is 73.1 Å². The number of carbonyl (C=O) groups is 2. The first kappa shape index (κ1) is 17.5. The Kier molecular flexibility index (Phi) is 4.60. The van der Waals surface area contributed by atoms with Gasteiger partial charge in [0.2, 0.25) is 0 Å². The van der Waals surface area contributed by atoms with Crippen LogP contribution in [0.4, 0.5) is 16.2 Å². The summed E-state index contributed by atoms with van der Waals surface area (Å²) in [6.45, 7) is 1.98. The Morgan fingerprint density at radius 2 is 1.71 bits per heavy atom. The fourth-order valence-electron chi connectivity index (χ4n) is 2.97. The minimum Gasteiger partial charge on any atom is -0.345 e. The Bertz CT molecular complexity index is 1160. The van der Waals surface area contributed by atoms with Crippen molar-refractivity contribution in [3.63, 3.8) is 0 Å². The van der Waals surface area contributed by atoms with E-state index in [4.69, 9.17) is 0 Å². The van der Waals surface area contributed by atoms with Gasteiger partial charge in [-0.3, -0.25) is 4.79 Å². The van der Waals surface area contributed by atoms with E-state index in [0.29, 0.717) is 28.1 Å². The van der Waals surface area contributed by atoms with Gasteiger partial charge in [0.15, 0.2) is 5.78 Å². The van der Waals surface area contributed by atoms with Crippen molar-refractivity contribution in [3.05, 3.63) is 89.7 Å². The van der Waals surface area contributed by atoms with Gasteiger partial charge in [-0.15, -0.1) is 0 Å². The molecule has 4 aromatic rings. The smallest absolute Gasteiger partial charge is 0.323 e. The zero-order valence-corrected chi connectivity index (χ0v) is 15.2. The van der Waals surface area contributed by atoms with Gasteiger partial charge in [0, 0.05) is 40.3 Å². The molecule has 2 aromatic carbocycles. The van der Waals surface area contributed by atoms with Crippen molar-refractivity contribution in [1.29, 1.82) is 0 Å². The number of ketones is 1.